The Morgan fingerprint density at radius 1 is 0.500 bits per heavy atom. The molecule has 4 aromatic rings. The molecule has 0 radical (unpaired) electrons. The first-order valence-electron chi connectivity index (χ1n) is 24.3. The van der Waals surface area contributed by atoms with E-state index in [1.54, 1.807) is 0 Å². The highest BCUT2D eigenvalue weighted by atomic mass is 16.6. The first kappa shape index (κ1) is 54.3. The summed E-state index contributed by atoms with van der Waals surface area (Å²) in [7, 11) is 0. The van der Waals surface area contributed by atoms with Crippen molar-refractivity contribution in [2.24, 2.45) is 0 Å². The average molecular weight is 937 g/mol. The standard InChI is InChI=1S/C57H80N2O9/c1-54(2,3)44-30-43(31-45(32-44)55(4,5)6)49-28-42-29-50(52(60)58-18-13-19-68-53(61)59-48-34-46(56(7,8)9)33-47(35-48)57(10,11)12)51(49)39-67-27-23-63-21-25-65-37-41-16-14-40(15-17-41)36-64-24-20-62-22-26-66-38-42/h14-17,28-35H,13,18-27,36-39H2,1-12H3,(H,58,60)(H,59,61). The minimum absolute atomic E-state index is 0.0990. The van der Waals surface area contributed by atoms with Crippen molar-refractivity contribution in [3.63, 3.8) is 0 Å². The molecule has 2 N–H and O–H groups in total. The van der Waals surface area contributed by atoms with Crippen molar-refractivity contribution in [3.8, 4) is 11.1 Å². The lowest BCUT2D eigenvalue weighted by Gasteiger charge is -2.27. The fraction of sp³-hybridized carbons (Fsp3) is 0.544. The second-order valence-electron chi connectivity index (χ2n) is 21.9. The molecule has 4 bridgehead atoms. The van der Waals surface area contributed by atoms with Gasteiger partial charge in [-0.1, -0.05) is 132 Å². The highest BCUT2D eigenvalue weighted by molar-refractivity contribution is 5.98. The van der Waals surface area contributed by atoms with E-state index in [4.69, 9.17) is 33.2 Å². The number of rotatable bonds is 7. The van der Waals surface area contributed by atoms with Crippen molar-refractivity contribution in [1.82, 2.24) is 5.32 Å². The summed E-state index contributed by atoms with van der Waals surface area (Å²) in [5.41, 5.74) is 11.0. The van der Waals surface area contributed by atoms with E-state index >= 15 is 0 Å². The van der Waals surface area contributed by atoms with Gasteiger partial charge < -0.3 is 38.5 Å². The van der Waals surface area contributed by atoms with E-state index in [0.29, 0.717) is 83.7 Å². The number of nitrogens with one attached hydrogen (secondary N) is 2. The maximum absolute atomic E-state index is 14.4. The van der Waals surface area contributed by atoms with Gasteiger partial charge in [-0.3, -0.25) is 10.1 Å². The van der Waals surface area contributed by atoms with Gasteiger partial charge in [0.25, 0.3) is 5.91 Å². The maximum Gasteiger partial charge on any atom is 0.411 e. The molecule has 11 nitrogen and oxygen atoms in total. The van der Waals surface area contributed by atoms with Crippen LogP contribution in [0.2, 0.25) is 0 Å². The fourth-order valence-corrected chi connectivity index (χ4v) is 7.49. The number of anilines is 1. The molecule has 2 amide bonds. The van der Waals surface area contributed by atoms with Gasteiger partial charge in [0.05, 0.1) is 85.9 Å². The van der Waals surface area contributed by atoms with E-state index in [0.717, 1.165) is 44.5 Å². The van der Waals surface area contributed by atoms with Crippen LogP contribution in [-0.2, 0) is 81.2 Å². The largest absolute Gasteiger partial charge is 0.449 e. The van der Waals surface area contributed by atoms with Crippen LogP contribution < -0.4 is 10.6 Å². The molecular formula is C57H80N2O9. The summed E-state index contributed by atoms with van der Waals surface area (Å²) in [6, 6.07) is 25.2. The van der Waals surface area contributed by atoms with Crippen LogP contribution in [0.4, 0.5) is 10.5 Å². The molecule has 4 aliphatic heterocycles. The van der Waals surface area contributed by atoms with Crippen LogP contribution in [0.15, 0.2) is 72.8 Å². The average Bonchev–Trinajstić information content (AvgIpc) is 3.26. The summed E-state index contributed by atoms with van der Waals surface area (Å²) in [4.78, 5) is 27.5. The van der Waals surface area contributed by atoms with Crippen LogP contribution in [0.3, 0.4) is 0 Å². The Morgan fingerprint density at radius 3 is 1.37 bits per heavy atom. The second kappa shape index (κ2) is 24.8. The molecular weight excluding hydrogens is 857 g/mol. The first-order chi connectivity index (χ1) is 32.1. The van der Waals surface area contributed by atoms with Gasteiger partial charge in [0.1, 0.15) is 0 Å². The number of ether oxygens (including phenoxy) is 7. The van der Waals surface area contributed by atoms with Crippen LogP contribution >= 0.6 is 0 Å². The molecule has 4 heterocycles. The van der Waals surface area contributed by atoms with E-state index in [-0.39, 0.29) is 53.9 Å². The van der Waals surface area contributed by atoms with Gasteiger partial charge in [0.2, 0.25) is 0 Å². The number of hydrogen-bond donors (Lipinski definition) is 2. The Balaban J connectivity index is 1.36. The summed E-state index contributed by atoms with van der Waals surface area (Å²) in [6.07, 6.45) is -0.127. The van der Waals surface area contributed by atoms with E-state index in [1.165, 1.54) is 11.1 Å². The second-order valence-corrected chi connectivity index (χ2v) is 21.9. The van der Waals surface area contributed by atoms with Crippen molar-refractivity contribution >= 4 is 17.7 Å². The topological polar surface area (TPSA) is 123 Å². The zero-order chi connectivity index (χ0) is 49.5. The van der Waals surface area contributed by atoms with E-state index in [9.17, 15) is 9.59 Å². The molecule has 0 atom stereocenters. The monoisotopic (exact) mass is 937 g/mol. The van der Waals surface area contributed by atoms with Crippen LogP contribution in [0.25, 0.3) is 11.1 Å². The van der Waals surface area contributed by atoms with Gasteiger partial charge >= 0.3 is 6.09 Å². The van der Waals surface area contributed by atoms with E-state index in [2.05, 4.69) is 148 Å². The SMILES string of the molecule is CC(C)(C)c1cc(NC(=O)OCCCNC(=O)c2cc3cc(-c4cc(C(C)(C)C)cc(C(C)(C)C)c4)c2COCCOCCOCc2ccc(cc2)COCCOCCOC3)cc(C(C)(C)C)c1. The van der Waals surface area contributed by atoms with E-state index < -0.39 is 6.09 Å². The molecule has 0 aliphatic carbocycles. The van der Waals surface area contributed by atoms with Gasteiger partial charge in [-0.2, -0.15) is 0 Å². The molecule has 0 saturated heterocycles. The normalized spacial score (nSPS) is 15.8. The lowest BCUT2D eigenvalue weighted by atomic mass is 9.78. The van der Waals surface area contributed by atoms with Gasteiger partial charge in [0.15, 0.2) is 0 Å². The predicted octanol–water partition coefficient (Wildman–Crippen LogP) is 11.7. The number of hydrogen-bond acceptors (Lipinski definition) is 9. The highest BCUT2D eigenvalue weighted by Crippen LogP contribution is 2.37. The Morgan fingerprint density at radius 2 is 0.912 bits per heavy atom. The van der Waals surface area contributed by atoms with Crippen molar-refractivity contribution < 1.29 is 42.7 Å². The third-order valence-electron chi connectivity index (χ3n) is 11.8. The van der Waals surface area contributed by atoms with Crippen molar-refractivity contribution in [1.29, 1.82) is 0 Å². The van der Waals surface area contributed by atoms with Gasteiger partial charge in [-0.25, -0.2) is 4.79 Å². The number of carbonyl (C=O) groups is 2. The lowest BCUT2D eigenvalue weighted by molar-refractivity contribution is 0.00621. The van der Waals surface area contributed by atoms with Gasteiger partial charge in [-0.05, 0) is 108 Å². The fourth-order valence-electron chi connectivity index (χ4n) is 7.49. The van der Waals surface area contributed by atoms with Gasteiger partial charge in [-0.15, -0.1) is 0 Å². The van der Waals surface area contributed by atoms with Crippen molar-refractivity contribution in [3.05, 3.63) is 123 Å². The first-order valence-corrected chi connectivity index (χ1v) is 24.3. The summed E-state index contributed by atoms with van der Waals surface area (Å²) in [6.45, 7) is 31.3. The van der Waals surface area contributed by atoms with Crippen molar-refractivity contribution in [2.75, 3.05) is 71.3 Å². The summed E-state index contributed by atoms with van der Waals surface area (Å²) >= 11 is 0. The molecule has 0 saturated carbocycles. The molecule has 4 aromatic carbocycles. The minimum atomic E-state index is -0.541. The Labute approximate surface area is 407 Å². The Hall–Kier alpha value is -4.62. The Bertz CT molecular complexity index is 2180. The smallest absolute Gasteiger partial charge is 0.411 e. The number of carbonyl (C=O) groups excluding carboxylic acids is 2. The third-order valence-corrected chi connectivity index (χ3v) is 11.8. The van der Waals surface area contributed by atoms with Crippen LogP contribution in [0.5, 0.6) is 0 Å². The van der Waals surface area contributed by atoms with Crippen LogP contribution in [0, 0.1) is 0 Å². The third kappa shape index (κ3) is 17.4. The number of benzene rings is 4. The zero-order valence-corrected chi connectivity index (χ0v) is 43.2. The van der Waals surface area contributed by atoms with Crippen LogP contribution in [0.1, 0.15) is 144 Å². The Kier molecular flexibility index (Phi) is 19.8. The molecule has 0 aromatic heterocycles. The summed E-state index contributed by atoms with van der Waals surface area (Å²) in [5.74, 6) is -0.257. The molecule has 4 aliphatic rings. The molecule has 11 heteroatoms. The van der Waals surface area contributed by atoms with Crippen LogP contribution in [-0.4, -0.2) is 78.0 Å². The molecule has 0 unspecified atom stereocenters. The zero-order valence-electron chi connectivity index (χ0n) is 43.2. The minimum Gasteiger partial charge on any atom is -0.449 e. The maximum atomic E-state index is 14.4. The lowest BCUT2D eigenvalue weighted by Crippen LogP contribution is -2.27. The summed E-state index contributed by atoms with van der Waals surface area (Å²) < 4.78 is 41.6. The highest BCUT2D eigenvalue weighted by Gasteiger charge is 2.25. The molecule has 372 valence electrons. The summed E-state index contributed by atoms with van der Waals surface area (Å²) in [5, 5.41) is 6.05. The molecule has 8 rings (SSSR count). The number of amides is 2. The molecule has 68 heavy (non-hydrogen) atoms. The van der Waals surface area contributed by atoms with Crippen molar-refractivity contribution in [2.45, 2.75) is 138 Å². The van der Waals surface area contributed by atoms with E-state index in [1.807, 2.05) is 18.2 Å². The van der Waals surface area contributed by atoms with Gasteiger partial charge in [0, 0.05) is 17.8 Å². The molecule has 0 fully saturated rings. The predicted molar refractivity (Wildman–Crippen MR) is 272 cm³/mol. The molecule has 0 spiro atoms. The quantitative estimate of drug-likeness (QED) is 0.174.